The average Bonchev–Trinajstić information content (AvgIpc) is 3.06. The van der Waals surface area contributed by atoms with Crippen molar-refractivity contribution in [1.29, 1.82) is 0 Å². The molecular weight excluding hydrogens is 312 g/mol. The Morgan fingerprint density at radius 1 is 1.24 bits per heavy atom. The van der Waals surface area contributed by atoms with E-state index in [9.17, 15) is 4.79 Å². The number of carbonyl (C=O) groups excluding carboxylic acids is 1. The van der Waals surface area contributed by atoms with Gasteiger partial charge in [-0.1, -0.05) is 43.2 Å². The minimum Gasteiger partial charge on any atom is -0.349 e. The van der Waals surface area contributed by atoms with Crippen molar-refractivity contribution < 1.29 is 4.79 Å². The number of hydrogen-bond acceptors (Lipinski definition) is 3. The lowest BCUT2D eigenvalue weighted by Gasteiger charge is -2.33. The standard InChI is InChI=1S/C20H28N4O/c1-23(2)14-17-10-6-7-11-19(17)22-20(25)18-12-21-24(15-18)13-16-8-4-3-5-9-16/h3-5,8-9,12,15,17,19H,6-7,10-11,13-14H2,1-2H3,(H,22,25). The summed E-state index contributed by atoms with van der Waals surface area (Å²) in [7, 11) is 4.20. The summed E-state index contributed by atoms with van der Waals surface area (Å²) in [5.41, 5.74) is 1.82. The lowest BCUT2D eigenvalue weighted by atomic mass is 9.84. The van der Waals surface area contributed by atoms with Crippen molar-refractivity contribution in [2.75, 3.05) is 20.6 Å². The van der Waals surface area contributed by atoms with Crippen LogP contribution in [0.1, 0.15) is 41.6 Å². The molecule has 0 bridgehead atoms. The predicted octanol–water partition coefficient (Wildman–Crippen LogP) is 2.78. The van der Waals surface area contributed by atoms with E-state index in [2.05, 4.69) is 41.5 Å². The van der Waals surface area contributed by atoms with Crippen LogP contribution in [0.3, 0.4) is 0 Å². The van der Waals surface area contributed by atoms with E-state index < -0.39 is 0 Å². The molecule has 1 fully saturated rings. The smallest absolute Gasteiger partial charge is 0.254 e. The van der Waals surface area contributed by atoms with Crippen LogP contribution in [0.5, 0.6) is 0 Å². The number of carbonyl (C=O) groups is 1. The van der Waals surface area contributed by atoms with Crippen LogP contribution < -0.4 is 5.32 Å². The van der Waals surface area contributed by atoms with Crippen LogP contribution in [0.25, 0.3) is 0 Å². The highest BCUT2D eigenvalue weighted by Crippen LogP contribution is 2.25. The molecule has 1 aliphatic rings. The highest BCUT2D eigenvalue weighted by molar-refractivity contribution is 5.93. The molecular formula is C20H28N4O. The molecule has 2 aromatic rings. The number of aromatic nitrogens is 2. The van der Waals surface area contributed by atoms with E-state index in [0.717, 1.165) is 13.0 Å². The van der Waals surface area contributed by atoms with E-state index >= 15 is 0 Å². The molecule has 1 N–H and O–H groups in total. The summed E-state index contributed by atoms with van der Waals surface area (Å²) >= 11 is 0. The maximum absolute atomic E-state index is 12.6. The van der Waals surface area contributed by atoms with Gasteiger partial charge in [0.1, 0.15) is 0 Å². The second-order valence-corrected chi connectivity index (χ2v) is 7.30. The summed E-state index contributed by atoms with van der Waals surface area (Å²) < 4.78 is 1.82. The molecule has 1 aromatic heterocycles. The molecule has 5 nitrogen and oxygen atoms in total. The molecule has 1 amide bonds. The largest absolute Gasteiger partial charge is 0.349 e. The van der Waals surface area contributed by atoms with Crippen LogP contribution in [0.15, 0.2) is 42.7 Å². The number of benzene rings is 1. The molecule has 1 saturated carbocycles. The van der Waals surface area contributed by atoms with Gasteiger partial charge in [-0.25, -0.2) is 0 Å². The van der Waals surface area contributed by atoms with Gasteiger partial charge in [-0.2, -0.15) is 5.10 Å². The van der Waals surface area contributed by atoms with Crippen molar-refractivity contribution in [2.45, 2.75) is 38.3 Å². The van der Waals surface area contributed by atoms with Gasteiger partial charge in [0, 0.05) is 18.8 Å². The fraction of sp³-hybridized carbons (Fsp3) is 0.500. The Kier molecular flexibility index (Phi) is 5.87. The van der Waals surface area contributed by atoms with Crippen LogP contribution in [0.4, 0.5) is 0 Å². The van der Waals surface area contributed by atoms with Gasteiger partial charge in [-0.15, -0.1) is 0 Å². The molecule has 1 heterocycles. The molecule has 0 spiro atoms. The third-order valence-corrected chi connectivity index (χ3v) is 4.91. The van der Waals surface area contributed by atoms with Crippen LogP contribution in [-0.4, -0.2) is 47.3 Å². The van der Waals surface area contributed by atoms with E-state index in [1.54, 1.807) is 6.20 Å². The third kappa shape index (κ3) is 4.92. The van der Waals surface area contributed by atoms with Gasteiger partial charge >= 0.3 is 0 Å². The van der Waals surface area contributed by atoms with Crippen molar-refractivity contribution >= 4 is 5.91 Å². The topological polar surface area (TPSA) is 50.2 Å². The molecule has 3 rings (SSSR count). The molecule has 0 aliphatic heterocycles. The Morgan fingerprint density at radius 2 is 2.00 bits per heavy atom. The SMILES string of the molecule is CN(C)CC1CCCCC1NC(=O)c1cnn(Cc2ccccc2)c1. The van der Waals surface area contributed by atoms with Crippen LogP contribution in [0.2, 0.25) is 0 Å². The summed E-state index contributed by atoms with van der Waals surface area (Å²) in [5, 5.41) is 7.59. The number of amides is 1. The molecule has 2 atom stereocenters. The Hall–Kier alpha value is -2.14. The van der Waals surface area contributed by atoms with Gasteiger partial charge in [0.25, 0.3) is 5.91 Å². The normalized spacial score (nSPS) is 20.6. The van der Waals surface area contributed by atoms with Crippen LogP contribution in [0, 0.1) is 5.92 Å². The highest BCUT2D eigenvalue weighted by atomic mass is 16.1. The summed E-state index contributed by atoms with van der Waals surface area (Å²) in [6.07, 6.45) is 8.23. The van der Waals surface area contributed by atoms with Gasteiger partial charge in [-0.3, -0.25) is 9.48 Å². The molecule has 5 heteroatoms. The fourth-order valence-corrected chi connectivity index (χ4v) is 3.67. The maximum Gasteiger partial charge on any atom is 0.254 e. The third-order valence-electron chi connectivity index (χ3n) is 4.91. The van der Waals surface area contributed by atoms with Crippen molar-refractivity contribution in [3.05, 3.63) is 53.9 Å². The second kappa shape index (κ2) is 8.30. The number of nitrogens with one attached hydrogen (secondary N) is 1. The van der Waals surface area contributed by atoms with E-state index in [1.807, 2.05) is 29.1 Å². The molecule has 1 aliphatic carbocycles. The quantitative estimate of drug-likeness (QED) is 0.880. The summed E-state index contributed by atoms with van der Waals surface area (Å²) in [6, 6.07) is 10.4. The van der Waals surface area contributed by atoms with Gasteiger partial charge in [0.2, 0.25) is 0 Å². The summed E-state index contributed by atoms with van der Waals surface area (Å²) in [6.45, 7) is 1.71. The van der Waals surface area contributed by atoms with Crippen molar-refractivity contribution in [3.8, 4) is 0 Å². The zero-order chi connectivity index (χ0) is 17.6. The predicted molar refractivity (Wildman–Crippen MR) is 99.5 cm³/mol. The first-order chi connectivity index (χ1) is 12.1. The van der Waals surface area contributed by atoms with Gasteiger partial charge in [0.15, 0.2) is 0 Å². The zero-order valence-corrected chi connectivity index (χ0v) is 15.2. The first kappa shape index (κ1) is 17.7. The van der Waals surface area contributed by atoms with Crippen LogP contribution in [-0.2, 0) is 6.54 Å². The minimum atomic E-state index is -0.00466. The second-order valence-electron chi connectivity index (χ2n) is 7.30. The molecule has 0 saturated heterocycles. The number of rotatable bonds is 6. The molecule has 2 unspecified atom stereocenters. The lowest BCUT2D eigenvalue weighted by Crippen LogP contribution is -2.45. The molecule has 0 radical (unpaired) electrons. The van der Waals surface area contributed by atoms with Gasteiger partial charge in [0.05, 0.1) is 18.3 Å². The zero-order valence-electron chi connectivity index (χ0n) is 15.2. The van der Waals surface area contributed by atoms with Gasteiger partial charge < -0.3 is 10.2 Å². The van der Waals surface area contributed by atoms with Gasteiger partial charge in [-0.05, 0) is 38.4 Å². The maximum atomic E-state index is 12.6. The fourth-order valence-electron chi connectivity index (χ4n) is 3.67. The van der Waals surface area contributed by atoms with Crippen molar-refractivity contribution in [2.24, 2.45) is 5.92 Å². The van der Waals surface area contributed by atoms with Crippen molar-refractivity contribution in [3.63, 3.8) is 0 Å². The highest BCUT2D eigenvalue weighted by Gasteiger charge is 2.27. The average molecular weight is 340 g/mol. The molecule has 134 valence electrons. The van der Waals surface area contributed by atoms with E-state index in [1.165, 1.54) is 24.8 Å². The summed E-state index contributed by atoms with van der Waals surface area (Å²) in [5.74, 6) is 0.530. The molecule has 1 aromatic carbocycles. The first-order valence-corrected chi connectivity index (χ1v) is 9.14. The number of hydrogen-bond donors (Lipinski definition) is 1. The first-order valence-electron chi connectivity index (χ1n) is 9.14. The Balaban J connectivity index is 1.61. The van der Waals surface area contributed by atoms with E-state index in [4.69, 9.17) is 0 Å². The Morgan fingerprint density at radius 3 is 2.76 bits per heavy atom. The van der Waals surface area contributed by atoms with E-state index in [-0.39, 0.29) is 11.9 Å². The summed E-state index contributed by atoms with van der Waals surface area (Å²) in [4.78, 5) is 14.8. The van der Waals surface area contributed by atoms with Crippen molar-refractivity contribution in [1.82, 2.24) is 20.0 Å². The molecule has 25 heavy (non-hydrogen) atoms. The van der Waals surface area contributed by atoms with E-state index in [0.29, 0.717) is 18.0 Å². The lowest BCUT2D eigenvalue weighted by molar-refractivity contribution is 0.0895. The van der Waals surface area contributed by atoms with Crippen LogP contribution >= 0.6 is 0 Å². The Bertz CT molecular complexity index is 680. The minimum absolute atomic E-state index is 0.00466. The Labute approximate surface area is 150 Å². The monoisotopic (exact) mass is 340 g/mol. The number of nitrogens with zero attached hydrogens (tertiary/aromatic N) is 3.